The van der Waals surface area contributed by atoms with Crippen LogP contribution < -0.4 is 5.32 Å². The predicted molar refractivity (Wildman–Crippen MR) is 89.9 cm³/mol. The van der Waals surface area contributed by atoms with E-state index in [-0.39, 0.29) is 0 Å². The minimum Gasteiger partial charge on any atom is -0.313 e. The Labute approximate surface area is 134 Å². The van der Waals surface area contributed by atoms with Gasteiger partial charge in [-0.15, -0.1) is 11.3 Å². The third kappa shape index (κ3) is 3.37. The normalized spacial score (nSPS) is 22.2. The highest BCUT2D eigenvalue weighted by molar-refractivity contribution is 7.14. The van der Waals surface area contributed by atoms with Gasteiger partial charge in [-0.2, -0.15) is 11.3 Å². The fraction of sp³-hybridized carbons (Fsp3) is 0.562. The van der Waals surface area contributed by atoms with Crippen LogP contribution in [0.5, 0.6) is 0 Å². The van der Waals surface area contributed by atoms with Gasteiger partial charge in [-0.05, 0) is 43.7 Å². The van der Waals surface area contributed by atoms with Crippen molar-refractivity contribution in [2.75, 3.05) is 13.1 Å². The molecule has 0 aromatic carbocycles. The first-order valence-corrected chi connectivity index (χ1v) is 9.65. The standard InChI is InChI=1S/C16H21N3S2/c1-2-13(17-6-1)8-19(15-3-4-15)9-14-11-21-16(18-14)12-5-7-20-10-12/h5,7,10-11,13,15,17H,1-4,6,8-9H2. The minimum absolute atomic E-state index is 0.695. The lowest BCUT2D eigenvalue weighted by atomic mass is 10.2. The molecule has 2 fully saturated rings. The fourth-order valence-corrected chi connectivity index (χ4v) is 4.61. The van der Waals surface area contributed by atoms with E-state index in [1.54, 1.807) is 22.7 Å². The fourth-order valence-electron chi connectivity index (χ4n) is 3.08. The molecule has 1 unspecified atom stereocenters. The molecule has 2 aliphatic rings. The lowest BCUT2D eigenvalue weighted by Crippen LogP contribution is -2.38. The highest BCUT2D eigenvalue weighted by atomic mass is 32.1. The smallest absolute Gasteiger partial charge is 0.124 e. The molecule has 1 aliphatic heterocycles. The lowest BCUT2D eigenvalue weighted by Gasteiger charge is -2.24. The van der Waals surface area contributed by atoms with Crippen LogP contribution in [0, 0.1) is 0 Å². The molecule has 1 saturated heterocycles. The molecule has 112 valence electrons. The number of thiophene rings is 1. The Morgan fingerprint density at radius 2 is 2.24 bits per heavy atom. The molecule has 4 rings (SSSR count). The third-order valence-electron chi connectivity index (χ3n) is 4.37. The highest BCUT2D eigenvalue weighted by Crippen LogP contribution is 2.31. The van der Waals surface area contributed by atoms with Crippen LogP contribution in [-0.2, 0) is 6.54 Å². The Morgan fingerprint density at radius 3 is 2.95 bits per heavy atom. The number of aromatic nitrogens is 1. The van der Waals surface area contributed by atoms with E-state index in [2.05, 4.69) is 32.4 Å². The Bertz CT molecular complexity index is 568. The van der Waals surface area contributed by atoms with Crippen molar-refractivity contribution < 1.29 is 0 Å². The maximum absolute atomic E-state index is 4.84. The molecule has 0 bridgehead atoms. The van der Waals surface area contributed by atoms with Crippen molar-refractivity contribution >= 4 is 22.7 Å². The van der Waals surface area contributed by atoms with E-state index in [9.17, 15) is 0 Å². The maximum Gasteiger partial charge on any atom is 0.124 e. The van der Waals surface area contributed by atoms with E-state index in [1.807, 2.05) is 0 Å². The summed E-state index contributed by atoms with van der Waals surface area (Å²) < 4.78 is 0. The van der Waals surface area contributed by atoms with E-state index < -0.39 is 0 Å². The quantitative estimate of drug-likeness (QED) is 0.882. The van der Waals surface area contributed by atoms with Crippen LogP contribution in [-0.4, -0.2) is 35.1 Å². The van der Waals surface area contributed by atoms with Crippen LogP contribution >= 0.6 is 22.7 Å². The van der Waals surface area contributed by atoms with Crippen molar-refractivity contribution in [3.63, 3.8) is 0 Å². The molecule has 3 heterocycles. The monoisotopic (exact) mass is 319 g/mol. The average molecular weight is 319 g/mol. The van der Waals surface area contributed by atoms with Crippen LogP contribution in [0.1, 0.15) is 31.4 Å². The first-order chi connectivity index (χ1) is 10.4. The van der Waals surface area contributed by atoms with Gasteiger partial charge in [0.2, 0.25) is 0 Å². The zero-order valence-electron chi connectivity index (χ0n) is 12.1. The van der Waals surface area contributed by atoms with Gasteiger partial charge >= 0.3 is 0 Å². The van der Waals surface area contributed by atoms with Crippen LogP contribution in [0.4, 0.5) is 0 Å². The van der Waals surface area contributed by atoms with E-state index in [4.69, 9.17) is 4.98 Å². The van der Waals surface area contributed by atoms with Gasteiger partial charge in [-0.25, -0.2) is 4.98 Å². The lowest BCUT2D eigenvalue weighted by molar-refractivity contribution is 0.229. The number of nitrogens with zero attached hydrogens (tertiary/aromatic N) is 2. The molecule has 1 saturated carbocycles. The number of thiazole rings is 1. The second kappa shape index (κ2) is 6.16. The topological polar surface area (TPSA) is 28.2 Å². The summed E-state index contributed by atoms with van der Waals surface area (Å²) in [5.74, 6) is 0. The third-order valence-corrected chi connectivity index (χ3v) is 5.99. The molecule has 0 amide bonds. The van der Waals surface area contributed by atoms with Crippen molar-refractivity contribution in [3.8, 4) is 10.6 Å². The summed E-state index contributed by atoms with van der Waals surface area (Å²) in [6.07, 6.45) is 5.41. The first kappa shape index (κ1) is 13.9. The zero-order valence-corrected chi connectivity index (χ0v) is 13.8. The molecule has 3 nitrogen and oxygen atoms in total. The molecular formula is C16H21N3S2. The van der Waals surface area contributed by atoms with Crippen molar-refractivity contribution in [2.24, 2.45) is 0 Å². The van der Waals surface area contributed by atoms with Gasteiger partial charge in [0.1, 0.15) is 5.01 Å². The molecular weight excluding hydrogens is 298 g/mol. The molecule has 0 radical (unpaired) electrons. The summed E-state index contributed by atoms with van der Waals surface area (Å²) in [4.78, 5) is 7.49. The largest absolute Gasteiger partial charge is 0.313 e. The summed E-state index contributed by atoms with van der Waals surface area (Å²) in [6.45, 7) is 3.40. The summed E-state index contributed by atoms with van der Waals surface area (Å²) in [7, 11) is 0. The Kier molecular flexibility index (Phi) is 4.07. The second-order valence-electron chi connectivity index (χ2n) is 6.11. The number of nitrogens with one attached hydrogen (secondary N) is 1. The van der Waals surface area contributed by atoms with Gasteiger partial charge in [0, 0.05) is 41.5 Å². The van der Waals surface area contributed by atoms with E-state index in [0.29, 0.717) is 6.04 Å². The average Bonchev–Trinajstić information content (AvgIpc) is 2.93. The molecule has 2 aromatic heterocycles. The van der Waals surface area contributed by atoms with Crippen molar-refractivity contribution in [1.82, 2.24) is 15.2 Å². The number of hydrogen-bond acceptors (Lipinski definition) is 5. The van der Waals surface area contributed by atoms with Crippen LogP contribution in [0.25, 0.3) is 10.6 Å². The maximum atomic E-state index is 4.84. The minimum atomic E-state index is 0.695. The molecule has 1 N–H and O–H groups in total. The van der Waals surface area contributed by atoms with E-state index in [1.165, 1.54) is 55.0 Å². The van der Waals surface area contributed by atoms with Crippen LogP contribution in [0.3, 0.4) is 0 Å². The van der Waals surface area contributed by atoms with Gasteiger partial charge in [-0.1, -0.05) is 0 Å². The van der Waals surface area contributed by atoms with Gasteiger partial charge in [0.25, 0.3) is 0 Å². The highest BCUT2D eigenvalue weighted by Gasteiger charge is 2.31. The van der Waals surface area contributed by atoms with Crippen LogP contribution in [0.2, 0.25) is 0 Å². The van der Waals surface area contributed by atoms with E-state index >= 15 is 0 Å². The second-order valence-corrected chi connectivity index (χ2v) is 7.75. The summed E-state index contributed by atoms with van der Waals surface area (Å²) in [6, 6.07) is 3.66. The first-order valence-electron chi connectivity index (χ1n) is 7.83. The van der Waals surface area contributed by atoms with Crippen LogP contribution in [0.15, 0.2) is 22.2 Å². The van der Waals surface area contributed by atoms with Gasteiger partial charge in [0.15, 0.2) is 0 Å². The van der Waals surface area contributed by atoms with Crippen molar-refractivity contribution in [1.29, 1.82) is 0 Å². The van der Waals surface area contributed by atoms with Gasteiger partial charge < -0.3 is 5.32 Å². The van der Waals surface area contributed by atoms with Gasteiger partial charge in [-0.3, -0.25) is 4.90 Å². The predicted octanol–water partition coefficient (Wildman–Crippen LogP) is 3.59. The Morgan fingerprint density at radius 1 is 1.29 bits per heavy atom. The Balaban J connectivity index is 1.43. The van der Waals surface area contributed by atoms with E-state index in [0.717, 1.165) is 12.6 Å². The summed E-state index contributed by atoms with van der Waals surface area (Å²) in [5.41, 5.74) is 2.51. The molecule has 5 heteroatoms. The SMILES string of the molecule is c1cc(-c2nc(CN(CC3CCCN3)C3CC3)cs2)cs1. The molecule has 0 spiro atoms. The summed E-state index contributed by atoms with van der Waals surface area (Å²) in [5, 5.41) is 11.3. The van der Waals surface area contributed by atoms with Crippen molar-refractivity contribution in [3.05, 3.63) is 27.9 Å². The zero-order chi connectivity index (χ0) is 14.1. The number of rotatable bonds is 6. The van der Waals surface area contributed by atoms with Crippen molar-refractivity contribution in [2.45, 2.75) is 44.3 Å². The molecule has 21 heavy (non-hydrogen) atoms. The summed E-state index contributed by atoms with van der Waals surface area (Å²) >= 11 is 3.52. The number of hydrogen-bond donors (Lipinski definition) is 1. The molecule has 2 aromatic rings. The van der Waals surface area contributed by atoms with Gasteiger partial charge in [0.05, 0.1) is 5.69 Å². The molecule has 1 aliphatic carbocycles. The molecule has 1 atom stereocenters. The Hall–Kier alpha value is -0.750.